The number of unbranched alkanes of at least 4 members (excludes halogenated alkanes) is 1. The summed E-state index contributed by atoms with van der Waals surface area (Å²) in [4.78, 5) is 0. The Labute approximate surface area is 86.6 Å². The third kappa shape index (κ3) is 5.75. The molecule has 1 rings (SSSR count). The van der Waals surface area contributed by atoms with Crippen molar-refractivity contribution in [3.05, 3.63) is 0 Å². The van der Waals surface area contributed by atoms with E-state index in [1.165, 1.54) is 12.8 Å². The Hall–Kier alpha value is 0.100. The number of hydrogen-bond acceptors (Lipinski definition) is 2. The zero-order chi connectivity index (χ0) is 10.6. The number of halogens is 3. The Bertz CT molecular complexity index is 168. The van der Waals surface area contributed by atoms with Crippen LogP contribution in [0.5, 0.6) is 0 Å². The largest absolute Gasteiger partial charge is 0.441 e. The van der Waals surface area contributed by atoms with E-state index in [-0.39, 0.29) is 23.6 Å². The molecule has 0 heterocycles. The summed E-state index contributed by atoms with van der Waals surface area (Å²) in [7, 11) is 0. The van der Waals surface area contributed by atoms with Crippen LogP contribution < -0.4 is 5.73 Å². The first-order chi connectivity index (χ1) is 6.49. The molecule has 1 aliphatic carbocycles. The van der Waals surface area contributed by atoms with Crippen molar-refractivity contribution in [1.29, 1.82) is 0 Å². The average Bonchev–Trinajstić information content (AvgIpc) is 2.83. The molecule has 0 radical (unpaired) electrons. The van der Waals surface area contributed by atoms with Crippen LogP contribution in [-0.2, 0) is 0 Å². The molecule has 84 valence electrons. The normalized spacial score (nSPS) is 19.7. The van der Waals surface area contributed by atoms with Crippen LogP contribution in [0.15, 0.2) is 0 Å². The van der Waals surface area contributed by atoms with Gasteiger partial charge in [-0.15, -0.1) is 0 Å². The third-order valence-corrected chi connectivity index (χ3v) is 3.25. The SMILES string of the molecule is NC(CCCCSC(F)(F)F)C1CC1. The summed E-state index contributed by atoms with van der Waals surface area (Å²) in [5.74, 6) is 0.825. The number of thioether (sulfide) groups is 1. The van der Waals surface area contributed by atoms with Gasteiger partial charge in [0, 0.05) is 11.8 Å². The summed E-state index contributed by atoms with van der Waals surface area (Å²) in [6.07, 6.45) is 4.73. The van der Waals surface area contributed by atoms with Gasteiger partial charge in [-0.2, -0.15) is 13.2 Å². The molecule has 1 saturated carbocycles. The van der Waals surface area contributed by atoms with Gasteiger partial charge in [-0.3, -0.25) is 0 Å². The number of hydrogen-bond donors (Lipinski definition) is 1. The van der Waals surface area contributed by atoms with Crippen molar-refractivity contribution in [3.63, 3.8) is 0 Å². The monoisotopic (exact) mass is 227 g/mol. The summed E-state index contributed by atoms with van der Waals surface area (Å²) in [5.41, 5.74) is 1.75. The van der Waals surface area contributed by atoms with Crippen molar-refractivity contribution < 1.29 is 13.2 Å². The summed E-state index contributed by atoms with van der Waals surface area (Å²) < 4.78 is 35.2. The number of rotatable bonds is 6. The molecular weight excluding hydrogens is 211 g/mol. The lowest BCUT2D eigenvalue weighted by atomic mass is 10.1. The van der Waals surface area contributed by atoms with E-state index in [1.54, 1.807) is 0 Å². The first-order valence-electron chi connectivity index (χ1n) is 4.95. The van der Waals surface area contributed by atoms with Gasteiger partial charge in [0.25, 0.3) is 0 Å². The maximum atomic E-state index is 11.7. The highest BCUT2D eigenvalue weighted by Gasteiger charge is 2.29. The van der Waals surface area contributed by atoms with E-state index in [1.807, 2.05) is 0 Å². The summed E-state index contributed by atoms with van der Waals surface area (Å²) >= 11 is 0.0684. The van der Waals surface area contributed by atoms with Gasteiger partial charge in [-0.25, -0.2) is 0 Å². The third-order valence-electron chi connectivity index (χ3n) is 2.43. The Morgan fingerprint density at radius 2 is 1.93 bits per heavy atom. The molecule has 0 spiro atoms. The van der Waals surface area contributed by atoms with Crippen molar-refractivity contribution in [2.45, 2.75) is 43.7 Å². The topological polar surface area (TPSA) is 26.0 Å². The van der Waals surface area contributed by atoms with E-state index in [0.29, 0.717) is 12.3 Å². The summed E-state index contributed by atoms with van der Waals surface area (Å²) in [6.45, 7) is 0. The Balaban J connectivity index is 1.88. The minimum absolute atomic E-state index is 0.0684. The minimum Gasteiger partial charge on any atom is -0.327 e. The molecule has 1 nitrogen and oxygen atoms in total. The van der Waals surface area contributed by atoms with Gasteiger partial charge in [0.1, 0.15) is 0 Å². The van der Waals surface area contributed by atoms with E-state index in [9.17, 15) is 13.2 Å². The molecule has 0 saturated heterocycles. The van der Waals surface area contributed by atoms with Crippen molar-refractivity contribution in [3.8, 4) is 0 Å². The molecule has 1 fully saturated rings. The second-order valence-electron chi connectivity index (χ2n) is 3.79. The van der Waals surface area contributed by atoms with Crippen LogP contribution >= 0.6 is 11.8 Å². The molecule has 0 amide bonds. The van der Waals surface area contributed by atoms with Crippen molar-refractivity contribution in [2.24, 2.45) is 11.7 Å². The lowest BCUT2D eigenvalue weighted by molar-refractivity contribution is -0.0328. The van der Waals surface area contributed by atoms with E-state index >= 15 is 0 Å². The summed E-state index contributed by atoms with van der Waals surface area (Å²) in [5, 5.41) is 0. The average molecular weight is 227 g/mol. The zero-order valence-electron chi connectivity index (χ0n) is 8.02. The van der Waals surface area contributed by atoms with Crippen LogP contribution in [0.3, 0.4) is 0 Å². The second kappa shape index (κ2) is 5.26. The fourth-order valence-corrected chi connectivity index (χ4v) is 2.01. The van der Waals surface area contributed by atoms with E-state index in [4.69, 9.17) is 5.73 Å². The van der Waals surface area contributed by atoms with Crippen LogP contribution in [0.25, 0.3) is 0 Å². The number of nitrogens with two attached hydrogens (primary N) is 1. The van der Waals surface area contributed by atoms with Gasteiger partial charge in [0.2, 0.25) is 0 Å². The molecule has 1 unspecified atom stereocenters. The molecule has 0 bridgehead atoms. The molecule has 14 heavy (non-hydrogen) atoms. The molecule has 0 aromatic heterocycles. The van der Waals surface area contributed by atoms with E-state index < -0.39 is 5.51 Å². The Kier molecular flexibility index (Phi) is 4.57. The predicted molar refractivity (Wildman–Crippen MR) is 53.1 cm³/mol. The molecule has 0 aliphatic heterocycles. The smallest absolute Gasteiger partial charge is 0.327 e. The molecular formula is C9H16F3NS. The highest BCUT2D eigenvalue weighted by molar-refractivity contribution is 8.00. The van der Waals surface area contributed by atoms with Gasteiger partial charge in [0.05, 0.1) is 0 Å². The Morgan fingerprint density at radius 1 is 1.29 bits per heavy atom. The molecule has 0 aromatic carbocycles. The maximum absolute atomic E-state index is 11.7. The Morgan fingerprint density at radius 3 is 2.43 bits per heavy atom. The maximum Gasteiger partial charge on any atom is 0.441 e. The van der Waals surface area contributed by atoms with Crippen LogP contribution in [0, 0.1) is 5.92 Å². The molecule has 2 N–H and O–H groups in total. The standard InChI is InChI=1S/C9H16F3NS/c10-9(11,12)14-6-2-1-3-8(13)7-4-5-7/h7-8H,1-6,13H2. The highest BCUT2D eigenvalue weighted by Crippen LogP contribution is 2.34. The van der Waals surface area contributed by atoms with Gasteiger partial charge in [-0.05, 0) is 31.6 Å². The van der Waals surface area contributed by atoms with Crippen LogP contribution in [0.1, 0.15) is 32.1 Å². The fourth-order valence-electron chi connectivity index (χ4n) is 1.43. The highest BCUT2D eigenvalue weighted by atomic mass is 32.2. The molecule has 0 aromatic rings. The van der Waals surface area contributed by atoms with Gasteiger partial charge in [0.15, 0.2) is 0 Å². The van der Waals surface area contributed by atoms with Gasteiger partial charge < -0.3 is 5.73 Å². The van der Waals surface area contributed by atoms with Gasteiger partial charge >= 0.3 is 5.51 Å². The molecule has 1 aliphatic rings. The van der Waals surface area contributed by atoms with E-state index in [0.717, 1.165) is 12.8 Å². The second-order valence-corrected chi connectivity index (χ2v) is 4.95. The van der Waals surface area contributed by atoms with E-state index in [2.05, 4.69) is 0 Å². The summed E-state index contributed by atoms with van der Waals surface area (Å²) in [6, 6.07) is 0.228. The van der Waals surface area contributed by atoms with Crippen molar-refractivity contribution in [2.75, 3.05) is 5.75 Å². The first kappa shape index (κ1) is 12.2. The zero-order valence-corrected chi connectivity index (χ0v) is 8.83. The molecule has 1 atom stereocenters. The lowest BCUT2D eigenvalue weighted by Gasteiger charge is -2.09. The van der Waals surface area contributed by atoms with Crippen LogP contribution in [0.2, 0.25) is 0 Å². The molecule has 5 heteroatoms. The van der Waals surface area contributed by atoms with Crippen molar-refractivity contribution >= 4 is 11.8 Å². The first-order valence-corrected chi connectivity index (χ1v) is 5.94. The minimum atomic E-state index is -4.07. The number of alkyl halides is 3. The van der Waals surface area contributed by atoms with Crippen LogP contribution in [-0.4, -0.2) is 17.3 Å². The lowest BCUT2D eigenvalue weighted by Crippen LogP contribution is -2.21. The van der Waals surface area contributed by atoms with Gasteiger partial charge in [-0.1, -0.05) is 18.2 Å². The predicted octanol–water partition coefficient (Wildman–Crippen LogP) is 3.15. The van der Waals surface area contributed by atoms with Crippen molar-refractivity contribution in [1.82, 2.24) is 0 Å². The fraction of sp³-hybridized carbons (Fsp3) is 1.00. The quantitative estimate of drug-likeness (QED) is 0.705. The van der Waals surface area contributed by atoms with Crippen LogP contribution in [0.4, 0.5) is 13.2 Å².